The van der Waals surface area contributed by atoms with Crippen molar-refractivity contribution in [1.29, 1.82) is 0 Å². The van der Waals surface area contributed by atoms with Crippen molar-refractivity contribution in [3.63, 3.8) is 0 Å². The summed E-state index contributed by atoms with van der Waals surface area (Å²) in [5.74, 6) is 0. The van der Waals surface area contributed by atoms with Crippen LogP contribution < -0.4 is 0 Å². The molecule has 0 amide bonds. The van der Waals surface area contributed by atoms with Crippen LogP contribution in [0, 0.1) is 0 Å². The lowest BCUT2D eigenvalue weighted by molar-refractivity contribution is 0.164. The van der Waals surface area contributed by atoms with Crippen LogP contribution >= 0.6 is 8.25 Å². The first-order valence-electron chi connectivity index (χ1n) is 5.60. The Bertz CT molecular complexity index is 150. The molecule has 1 N–H and O–H groups in total. The molecule has 0 aliphatic heterocycles. The first kappa shape index (κ1) is 14.2. The minimum Gasteiger partial charge on any atom is -0.326 e. The largest absolute Gasteiger partial charge is 0.326 e. The van der Waals surface area contributed by atoms with Crippen molar-refractivity contribution in [1.82, 2.24) is 0 Å². The van der Waals surface area contributed by atoms with Gasteiger partial charge < -0.3 is 9.42 Å². The molecule has 0 fully saturated rings. The van der Waals surface area contributed by atoms with E-state index in [-0.39, 0.29) is 6.10 Å². The van der Waals surface area contributed by atoms with E-state index in [4.69, 9.17) is 9.42 Å². The summed E-state index contributed by atoms with van der Waals surface area (Å²) in [6.45, 7) is 4.27. The van der Waals surface area contributed by atoms with Gasteiger partial charge in [0.25, 0.3) is 0 Å². The van der Waals surface area contributed by atoms with Crippen molar-refractivity contribution in [2.24, 2.45) is 0 Å². The van der Waals surface area contributed by atoms with Gasteiger partial charge in [-0.1, -0.05) is 46.0 Å². The standard InChI is InChI=1S/C10H23O3P/c1-3-5-7-9-10(8-6-4-2)13-14(11)12/h10,14H,3-9H2,1-2H3,(H,11,12). The van der Waals surface area contributed by atoms with Crippen LogP contribution in [0.2, 0.25) is 0 Å². The summed E-state index contributed by atoms with van der Waals surface area (Å²) in [5, 5.41) is 0. The maximum absolute atomic E-state index is 10.6. The highest BCUT2D eigenvalue weighted by atomic mass is 31.1. The molecule has 2 atom stereocenters. The Morgan fingerprint density at radius 1 is 1.14 bits per heavy atom. The minimum atomic E-state index is -2.75. The normalized spacial score (nSPS) is 15.4. The van der Waals surface area contributed by atoms with Crippen LogP contribution in [-0.2, 0) is 9.09 Å². The van der Waals surface area contributed by atoms with Crippen LogP contribution in [0.4, 0.5) is 0 Å². The fourth-order valence-corrected chi connectivity index (χ4v) is 1.98. The molecule has 14 heavy (non-hydrogen) atoms. The molecule has 0 aromatic rings. The Kier molecular flexibility index (Phi) is 9.80. The SMILES string of the molecule is CCCCCC(CCCC)O[PH](=O)O. The van der Waals surface area contributed by atoms with Crippen LogP contribution in [0.25, 0.3) is 0 Å². The van der Waals surface area contributed by atoms with E-state index in [0.29, 0.717) is 0 Å². The monoisotopic (exact) mass is 222 g/mol. The molecule has 0 saturated heterocycles. The average Bonchev–Trinajstić information content (AvgIpc) is 2.13. The van der Waals surface area contributed by atoms with E-state index < -0.39 is 8.25 Å². The Balaban J connectivity index is 3.66. The van der Waals surface area contributed by atoms with Crippen LogP contribution in [0.5, 0.6) is 0 Å². The van der Waals surface area contributed by atoms with Crippen LogP contribution in [0.1, 0.15) is 58.8 Å². The van der Waals surface area contributed by atoms with Gasteiger partial charge in [-0.3, -0.25) is 4.57 Å². The summed E-state index contributed by atoms with van der Waals surface area (Å²) in [6, 6.07) is 0. The van der Waals surface area contributed by atoms with E-state index in [1.165, 1.54) is 12.8 Å². The second-order valence-electron chi connectivity index (χ2n) is 3.64. The Labute approximate surface area is 87.8 Å². The molecule has 4 heteroatoms. The summed E-state index contributed by atoms with van der Waals surface area (Å²) in [6.07, 6.45) is 7.47. The Morgan fingerprint density at radius 3 is 2.21 bits per heavy atom. The van der Waals surface area contributed by atoms with Gasteiger partial charge >= 0.3 is 8.25 Å². The zero-order chi connectivity index (χ0) is 10.8. The van der Waals surface area contributed by atoms with Gasteiger partial charge in [0.1, 0.15) is 0 Å². The lowest BCUT2D eigenvalue weighted by atomic mass is 10.1. The van der Waals surface area contributed by atoms with Crippen molar-refractivity contribution in [2.75, 3.05) is 0 Å². The highest BCUT2D eigenvalue weighted by Crippen LogP contribution is 2.24. The van der Waals surface area contributed by atoms with Crippen molar-refractivity contribution in [3.05, 3.63) is 0 Å². The molecular formula is C10H23O3P. The summed E-state index contributed by atoms with van der Waals surface area (Å²) in [4.78, 5) is 8.70. The van der Waals surface area contributed by atoms with Crippen molar-refractivity contribution >= 4 is 8.25 Å². The predicted molar refractivity (Wildman–Crippen MR) is 59.8 cm³/mol. The molecule has 0 aliphatic rings. The molecule has 0 aliphatic carbocycles. The molecule has 0 saturated carbocycles. The summed E-state index contributed by atoms with van der Waals surface area (Å²) < 4.78 is 15.6. The maximum atomic E-state index is 10.6. The summed E-state index contributed by atoms with van der Waals surface area (Å²) in [7, 11) is -2.75. The average molecular weight is 222 g/mol. The van der Waals surface area contributed by atoms with Crippen LogP contribution in [-0.4, -0.2) is 11.0 Å². The van der Waals surface area contributed by atoms with Gasteiger partial charge in [-0.05, 0) is 12.8 Å². The highest BCUT2D eigenvalue weighted by Gasteiger charge is 2.10. The predicted octanol–water partition coefficient (Wildman–Crippen LogP) is 3.52. The number of hydrogen-bond donors (Lipinski definition) is 1. The molecule has 3 nitrogen and oxygen atoms in total. The first-order valence-corrected chi connectivity index (χ1v) is 6.86. The molecule has 0 bridgehead atoms. The Morgan fingerprint density at radius 2 is 1.71 bits per heavy atom. The van der Waals surface area contributed by atoms with Crippen molar-refractivity contribution in [3.8, 4) is 0 Å². The third kappa shape index (κ3) is 8.74. The van der Waals surface area contributed by atoms with Crippen molar-refractivity contribution in [2.45, 2.75) is 64.9 Å². The van der Waals surface area contributed by atoms with Crippen molar-refractivity contribution < 1.29 is 14.0 Å². The zero-order valence-corrected chi connectivity index (χ0v) is 10.3. The highest BCUT2D eigenvalue weighted by molar-refractivity contribution is 7.32. The molecule has 0 rings (SSSR count). The quantitative estimate of drug-likeness (QED) is 0.479. The molecule has 0 aromatic carbocycles. The fourth-order valence-electron chi connectivity index (χ4n) is 1.46. The van der Waals surface area contributed by atoms with E-state index >= 15 is 0 Å². The lowest BCUT2D eigenvalue weighted by Gasteiger charge is -2.14. The van der Waals surface area contributed by atoms with Gasteiger partial charge in [-0.15, -0.1) is 0 Å². The maximum Gasteiger partial charge on any atom is 0.316 e. The molecular weight excluding hydrogens is 199 g/mol. The summed E-state index contributed by atoms with van der Waals surface area (Å²) >= 11 is 0. The topological polar surface area (TPSA) is 46.5 Å². The van der Waals surface area contributed by atoms with Gasteiger partial charge in [-0.2, -0.15) is 0 Å². The van der Waals surface area contributed by atoms with Crippen LogP contribution in [0.15, 0.2) is 0 Å². The first-order chi connectivity index (χ1) is 6.70. The van der Waals surface area contributed by atoms with Gasteiger partial charge in [0.2, 0.25) is 0 Å². The van der Waals surface area contributed by atoms with Crippen LogP contribution in [0.3, 0.4) is 0 Å². The van der Waals surface area contributed by atoms with Gasteiger partial charge in [0.05, 0.1) is 6.10 Å². The van der Waals surface area contributed by atoms with Gasteiger partial charge in [-0.25, -0.2) is 0 Å². The molecule has 86 valence electrons. The van der Waals surface area contributed by atoms with E-state index in [2.05, 4.69) is 13.8 Å². The smallest absolute Gasteiger partial charge is 0.316 e. The van der Waals surface area contributed by atoms with E-state index in [1.54, 1.807) is 0 Å². The third-order valence-electron chi connectivity index (χ3n) is 2.28. The second kappa shape index (κ2) is 9.70. The van der Waals surface area contributed by atoms with E-state index in [9.17, 15) is 4.57 Å². The molecule has 0 aromatic heterocycles. The molecule has 0 radical (unpaired) electrons. The van der Waals surface area contributed by atoms with Gasteiger partial charge in [0.15, 0.2) is 0 Å². The Hall–Kier alpha value is 0.150. The number of hydrogen-bond acceptors (Lipinski definition) is 2. The molecule has 0 heterocycles. The van der Waals surface area contributed by atoms with Gasteiger partial charge in [0, 0.05) is 0 Å². The minimum absolute atomic E-state index is 0.00195. The number of unbranched alkanes of at least 4 members (excludes halogenated alkanes) is 3. The summed E-state index contributed by atoms with van der Waals surface area (Å²) in [5.41, 5.74) is 0. The lowest BCUT2D eigenvalue weighted by Crippen LogP contribution is -2.08. The molecule has 2 unspecified atom stereocenters. The number of rotatable bonds is 9. The fraction of sp³-hybridized carbons (Fsp3) is 1.00. The second-order valence-corrected chi connectivity index (χ2v) is 4.41. The molecule has 0 spiro atoms. The third-order valence-corrected chi connectivity index (χ3v) is 2.81. The zero-order valence-electron chi connectivity index (χ0n) is 9.29. The van der Waals surface area contributed by atoms with E-state index in [0.717, 1.165) is 32.1 Å². The van der Waals surface area contributed by atoms with E-state index in [1.807, 2.05) is 0 Å².